The van der Waals surface area contributed by atoms with Gasteiger partial charge in [-0.1, -0.05) is 152 Å². The van der Waals surface area contributed by atoms with Gasteiger partial charge in [-0.05, 0) is 123 Å². The molecule has 1 unspecified atom stereocenters. The molecule has 0 bridgehead atoms. The Morgan fingerprint density at radius 1 is 0.593 bits per heavy atom. The summed E-state index contributed by atoms with van der Waals surface area (Å²) in [6, 6.07) is 0. The third-order valence-corrected chi connectivity index (χ3v) is 11.5. The summed E-state index contributed by atoms with van der Waals surface area (Å²) in [6.45, 7) is 11.4. The fraction of sp³-hybridized carbons (Fsp3) is 0.796. The van der Waals surface area contributed by atoms with Gasteiger partial charge in [0.1, 0.15) is 0 Å². The van der Waals surface area contributed by atoms with Crippen LogP contribution in [0.1, 0.15) is 207 Å². The normalized spacial score (nSPS) is 17.9. The molecule has 5 nitrogen and oxygen atoms in total. The lowest BCUT2D eigenvalue weighted by Crippen LogP contribution is -2.53. The number of aliphatic imine (C=N–C) groups is 1. The number of hydrogen-bond donors (Lipinski definition) is 0. The molecular weight excluding hydrogens is 663 g/mol. The molecule has 0 aliphatic carbocycles. The van der Waals surface area contributed by atoms with Crippen LogP contribution in [0.3, 0.4) is 0 Å². The molecule has 5 heteroatoms. The summed E-state index contributed by atoms with van der Waals surface area (Å²) in [5, 5.41) is 0. The van der Waals surface area contributed by atoms with Gasteiger partial charge in [-0.2, -0.15) is 0 Å². The van der Waals surface area contributed by atoms with E-state index in [1.54, 1.807) is 0 Å². The number of allylic oxidation sites excluding steroid dienone is 8. The van der Waals surface area contributed by atoms with Crippen LogP contribution in [0.25, 0.3) is 0 Å². The maximum absolute atomic E-state index is 13.2. The first kappa shape index (κ1) is 48.2. The number of carbonyl (C=O) groups is 1. The predicted octanol–water partition coefficient (Wildman–Crippen LogP) is 13.9. The van der Waals surface area contributed by atoms with Gasteiger partial charge < -0.3 is 9.64 Å². The van der Waals surface area contributed by atoms with Gasteiger partial charge in [0.05, 0.1) is 12.1 Å². The Kier molecular flexibility index (Phi) is 30.6. The van der Waals surface area contributed by atoms with Gasteiger partial charge in [0.25, 0.3) is 0 Å². The number of unbranched alkanes of at least 4 members (excludes halogenated alkanes) is 18. The van der Waals surface area contributed by atoms with Gasteiger partial charge in [0.2, 0.25) is 6.17 Å². The topological polar surface area (TPSA) is 45.1 Å². The fourth-order valence-electron chi connectivity index (χ4n) is 8.21. The Morgan fingerprint density at radius 2 is 1.04 bits per heavy atom. The van der Waals surface area contributed by atoms with Gasteiger partial charge in [-0.15, -0.1) is 0 Å². The molecular formula is C49H87N3O2. The summed E-state index contributed by atoms with van der Waals surface area (Å²) in [7, 11) is 0. The summed E-state index contributed by atoms with van der Waals surface area (Å²) in [6.07, 6.45) is 56.9. The molecule has 310 valence electrons. The zero-order chi connectivity index (χ0) is 38.6. The van der Waals surface area contributed by atoms with Crippen LogP contribution in [0.2, 0.25) is 0 Å². The maximum atomic E-state index is 13.2. The lowest BCUT2D eigenvalue weighted by molar-refractivity contribution is -0.150. The summed E-state index contributed by atoms with van der Waals surface area (Å²) in [5.74, 6) is -0.161. The number of ether oxygens (including phenoxy) is 1. The molecule has 54 heavy (non-hydrogen) atoms. The van der Waals surface area contributed by atoms with E-state index >= 15 is 0 Å². The van der Waals surface area contributed by atoms with Gasteiger partial charge in [-0.3, -0.25) is 9.89 Å². The molecule has 2 aliphatic rings. The second kappa shape index (κ2) is 34.3. The van der Waals surface area contributed by atoms with Gasteiger partial charge in [0.15, 0.2) is 0 Å². The first-order valence-corrected chi connectivity index (χ1v) is 23.5. The summed E-state index contributed by atoms with van der Waals surface area (Å²) >= 11 is 0. The second-order valence-corrected chi connectivity index (χ2v) is 16.3. The molecule has 0 saturated carbocycles. The lowest BCUT2D eigenvalue weighted by Gasteiger charge is -2.39. The minimum Gasteiger partial charge on any atom is -0.463 e. The number of carbonyl (C=O) groups excluding carboxylic acids is 1. The van der Waals surface area contributed by atoms with Crippen LogP contribution in [-0.2, 0) is 9.53 Å². The van der Waals surface area contributed by atoms with E-state index in [9.17, 15) is 4.79 Å². The number of nitrogens with zero attached hydrogens (tertiary/aromatic N) is 3. The number of likely N-dealkylation sites (tertiary alicyclic amines) is 1. The molecule has 1 atom stereocenters. The number of esters is 1. The van der Waals surface area contributed by atoms with Crippen molar-refractivity contribution in [3.05, 3.63) is 48.6 Å². The fourth-order valence-corrected chi connectivity index (χ4v) is 8.21. The number of hydrogen-bond acceptors (Lipinski definition) is 5. The molecule has 0 amide bonds. The summed E-state index contributed by atoms with van der Waals surface area (Å²) in [5.41, 5.74) is -0.118. The average molecular weight is 750 g/mol. The molecule has 0 radical (unpaired) electrons. The molecule has 0 aromatic heterocycles. The highest BCUT2D eigenvalue weighted by Gasteiger charge is 2.45. The van der Waals surface area contributed by atoms with Crippen LogP contribution < -0.4 is 0 Å². The van der Waals surface area contributed by atoms with Crippen molar-refractivity contribution in [3.8, 4) is 0 Å². The molecule has 0 spiro atoms. The molecule has 2 heterocycles. The van der Waals surface area contributed by atoms with Crippen molar-refractivity contribution in [3.63, 3.8) is 0 Å². The van der Waals surface area contributed by atoms with E-state index in [4.69, 9.17) is 9.73 Å². The summed E-state index contributed by atoms with van der Waals surface area (Å²) in [4.78, 5) is 23.2. The first-order chi connectivity index (χ1) is 26.7. The minimum absolute atomic E-state index is 0.118. The van der Waals surface area contributed by atoms with E-state index in [2.05, 4.69) is 78.5 Å². The SMILES string of the molecule is CCCCC/C=C\C/C=C\CCCCCCCCC1(CCCCCCCC/C=C\C/C=C\CCCCC)C=NC(C(=O)OCC)N1CCCN1CCCC1. The lowest BCUT2D eigenvalue weighted by atomic mass is 9.85. The van der Waals surface area contributed by atoms with Crippen molar-refractivity contribution in [1.82, 2.24) is 9.80 Å². The van der Waals surface area contributed by atoms with Crippen molar-refractivity contribution < 1.29 is 9.53 Å². The monoisotopic (exact) mass is 750 g/mol. The number of rotatable bonds is 36. The van der Waals surface area contributed by atoms with E-state index in [1.165, 1.54) is 167 Å². The van der Waals surface area contributed by atoms with Crippen molar-refractivity contribution in [2.75, 3.05) is 32.8 Å². The Labute approximate surface area is 335 Å². The van der Waals surface area contributed by atoms with E-state index in [0.717, 1.165) is 45.2 Å². The molecule has 0 aromatic carbocycles. The van der Waals surface area contributed by atoms with Crippen LogP contribution >= 0.6 is 0 Å². The van der Waals surface area contributed by atoms with Crippen LogP contribution in [0.4, 0.5) is 0 Å². The largest absolute Gasteiger partial charge is 0.463 e. The smallest absolute Gasteiger partial charge is 0.346 e. The van der Waals surface area contributed by atoms with Crippen LogP contribution in [-0.4, -0.2) is 66.5 Å². The zero-order valence-electron chi connectivity index (χ0n) is 36.0. The van der Waals surface area contributed by atoms with E-state index in [1.807, 2.05) is 6.92 Å². The Morgan fingerprint density at radius 3 is 1.50 bits per heavy atom. The van der Waals surface area contributed by atoms with Gasteiger partial charge in [-0.25, -0.2) is 4.79 Å². The second-order valence-electron chi connectivity index (χ2n) is 16.3. The molecule has 1 saturated heterocycles. The quantitative estimate of drug-likeness (QED) is 0.0363. The maximum Gasteiger partial charge on any atom is 0.346 e. The zero-order valence-corrected chi connectivity index (χ0v) is 36.0. The summed E-state index contributed by atoms with van der Waals surface area (Å²) < 4.78 is 5.58. The highest BCUT2D eigenvalue weighted by atomic mass is 16.5. The highest BCUT2D eigenvalue weighted by Crippen LogP contribution is 2.35. The molecule has 0 N–H and O–H groups in total. The van der Waals surface area contributed by atoms with E-state index < -0.39 is 6.17 Å². The average Bonchev–Trinajstić information content (AvgIpc) is 3.83. The molecule has 2 rings (SSSR count). The third-order valence-electron chi connectivity index (χ3n) is 11.5. The van der Waals surface area contributed by atoms with Crippen LogP contribution in [0.5, 0.6) is 0 Å². The van der Waals surface area contributed by atoms with Crippen molar-refractivity contribution in [1.29, 1.82) is 0 Å². The third kappa shape index (κ3) is 23.2. The Balaban J connectivity index is 1.78. The van der Waals surface area contributed by atoms with E-state index in [0.29, 0.717) is 6.61 Å². The highest BCUT2D eigenvalue weighted by molar-refractivity contribution is 5.84. The van der Waals surface area contributed by atoms with Crippen LogP contribution in [0, 0.1) is 0 Å². The van der Waals surface area contributed by atoms with Gasteiger partial charge in [0, 0.05) is 12.8 Å². The van der Waals surface area contributed by atoms with Crippen LogP contribution in [0.15, 0.2) is 53.6 Å². The van der Waals surface area contributed by atoms with Crippen molar-refractivity contribution >= 4 is 12.2 Å². The minimum atomic E-state index is -0.474. The first-order valence-electron chi connectivity index (χ1n) is 23.5. The molecule has 0 aromatic rings. The van der Waals surface area contributed by atoms with Crippen molar-refractivity contribution in [2.45, 2.75) is 219 Å². The van der Waals surface area contributed by atoms with Crippen molar-refractivity contribution in [2.24, 2.45) is 4.99 Å². The molecule has 1 fully saturated rings. The van der Waals surface area contributed by atoms with Gasteiger partial charge >= 0.3 is 5.97 Å². The Hall–Kier alpha value is -1.98. The standard InChI is InChI=1S/C49H87N3O2/c1-4-7-9-11-13-15-17-19-21-23-25-27-29-31-33-35-40-49(41-36-34-32-30-28-26-24-22-20-18-16-14-12-10-8-5-2)46-50-47(48(53)54-6-3)52(49)45-39-44-51-42-37-38-43-51/h13-16,19-22,46-47H,4-12,17-18,23-45H2,1-3H3/b15-13-,16-14-,21-19-,22-20-. The Bertz CT molecular complexity index is 976. The van der Waals surface area contributed by atoms with E-state index in [-0.39, 0.29) is 11.5 Å². The molecule has 2 aliphatic heterocycles. The predicted molar refractivity (Wildman–Crippen MR) is 237 cm³/mol.